The van der Waals surface area contributed by atoms with Crippen LogP contribution in [0.4, 0.5) is 0 Å². The van der Waals surface area contributed by atoms with Crippen LogP contribution in [-0.4, -0.2) is 25.7 Å². The molecule has 0 spiro atoms. The van der Waals surface area contributed by atoms with E-state index in [1.54, 1.807) is 33.1 Å². The lowest BCUT2D eigenvalue weighted by molar-refractivity contribution is 0.413. The summed E-state index contributed by atoms with van der Waals surface area (Å²) in [6.45, 7) is 7.26. The van der Waals surface area contributed by atoms with Crippen molar-refractivity contribution in [2.24, 2.45) is 0 Å². The van der Waals surface area contributed by atoms with Crippen molar-refractivity contribution in [1.29, 1.82) is 0 Å². The van der Waals surface area contributed by atoms with E-state index in [0.29, 0.717) is 22.8 Å². The quantitative estimate of drug-likeness (QED) is 0.868. The number of methoxy groups -OCH3 is 1. The second-order valence-electron chi connectivity index (χ2n) is 5.60. The predicted octanol–water partition coefficient (Wildman–Crippen LogP) is 2.30. The lowest BCUT2D eigenvalue weighted by atomic mass is 10.1. The zero-order valence-electron chi connectivity index (χ0n) is 13.9. The van der Waals surface area contributed by atoms with Gasteiger partial charge in [-0.25, -0.2) is 13.1 Å². The molecule has 0 aliphatic rings. The molecular formula is C15H21N3O4S. The first kappa shape index (κ1) is 17.4. The van der Waals surface area contributed by atoms with E-state index >= 15 is 0 Å². The number of benzene rings is 1. The average molecular weight is 339 g/mol. The van der Waals surface area contributed by atoms with E-state index in [9.17, 15) is 8.42 Å². The van der Waals surface area contributed by atoms with Crippen molar-refractivity contribution < 1.29 is 17.6 Å². The smallest absolute Gasteiger partial charge is 0.241 e. The number of nitrogens with one attached hydrogen (secondary N) is 1. The topological polar surface area (TPSA) is 94.3 Å². The SMILES string of the molecule is COc1cc(C)c(S(=O)(=O)NCc2nnc(C(C)C)o2)c(C)c1. The van der Waals surface area contributed by atoms with Gasteiger partial charge in [-0.2, -0.15) is 0 Å². The molecular weight excluding hydrogens is 318 g/mol. The first-order valence-electron chi connectivity index (χ1n) is 7.21. The Morgan fingerprint density at radius 2 is 1.83 bits per heavy atom. The second-order valence-corrected chi connectivity index (χ2v) is 7.31. The molecule has 126 valence electrons. The molecule has 1 aromatic carbocycles. The van der Waals surface area contributed by atoms with Crippen molar-refractivity contribution in [3.8, 4) is 5.75 Å². The Morgan fingerprint density at radius 3 is 2.30 bits per heavy atom. The summed E-state index contributed by atoms with van der Waals surface area (Å²) in [5.41, 5.74) is 1.23. The fourth-order valence-electron chi connectivity index (χ4n) is 2.25. The molecule has 0 atom stereocenters. The highest BCUT2D eigenvalue weighted by Crippen LogP contribution is 2.25. The molecule has 2 rings (SSSR count). The fraction of sp³-hybridized carbons (Fsp3) is 0.467. The number of hydrogen-bond donors (Lipinski definition) is 1. The summed E-state index contributed by atoms with van der Waals surface area (Å²) >= 11 is 0. The summed E-state index contributed by atoms with van der Waals surface area (Å²) in [6.07, 6.45) is 0. The number of ether oxygens (including phenoxy) is 1. The molecule has 0 saturated carbocycles. The Labute approximate surface area is 136 Å². The second kappa shape index (κ2) is 6.67. The van der Waals surface area contributed by atoms with Crippen LogP contribution in [0, 0.1) is 13.8 Å². The van der Waals surface area contributed by atoms with Crippen molar-refractivity contribution in [3.05, 3.63) is 35.0 Å². The van der Waals surface area contributed by atoms with Crippen LogP contribution in [0.5, 0.6) is 5.75 Å². The van der Waals surface area contributed by atoms with Crippen molar-refractivity contribution >= 4 is 10.0 Å². The van der Waals surface area contributed by atoms with Gasteiger partial charge in [0.15, 0.2) is 0 Å². The van der Waals surface area contributed by atoms with Gasteiger partial charge in [-0.3, -0.25) is 0 Å². The highest BCUT2D eigenvalue weighted by molar-refractivity contribution is 7.89. The zero-order chi connectivity index (χ0) is 17.2. The van der Waals surface area contributed by atoms with E-state index < -0.39 is 10.0 Å². The predicted molar refractivity (Wildman–Crippen MR) is 84.9 cm³/mol. The highest BCUT2D eigenvalue weighted by Gasteiger charge is 2.21. The van der Waals surface area contributed by atoms with Gasteiger partial charge in [0.05, 0.1) is 18.6 Å². The Kier molecular flexibility index (Phi) is 5.06. The summed E-state index contributed by atoms with van der Waals surface area (Å²) in [6, 6.07) is 3.37. The number of rotatable bonds is 6. The number of aromatic nitrogens is 2. The third kappa shape index (κ3) is 3.89. The summed E-state index contributed by atoms with van der Waals surface area (Å²) in [7, 11) is -2.14. The van der Waals surface area contributed by atoms with Crippen LogP contribution in [0.2, 0.25) is 0 Å². The molecule has 8 heteroatoms. The van der Waals surface area contributed by atoms with Gasteiger partial charge in [0.2, 0.25) is 21.8 Å². The molecule has 0 unspecified atom stereocenters. The molecule has 23 heavy (non-hydrogen) atoms. The van der Waals surface area contributed by atoms with E-state index in [1.165, 1.54) is 0 Å². The van der Waals surface area contributed by atoms with Gasteiger partial charge in [0.25, 0.3) is 0 Å². The maximum absolute atomic E-state index is 12.5. The largest absolute Gasteiger partial charge is 0.497 e. The van der Waals surface area contributed by atoms with Crippen LogP contribution in [0.1, 0.15) is 42.7 Å². The molecule has 0 saturated heterocycles. The minimum atomic E-state index is -3.69. The summed E-state index contributed by atoms with van der Waals surface area (Å²) in [5.74, 6) is 1.44. The third-order valence-corrected chi connectivity index (χ3v) is 5.03. The third-order valence-electron chi connectivity index (χ3n) is 3.33. The summed E-state index contributed by atoms with van der Waals surface area (Å²) < 4.78 is 38.1. The summed E-state index contributed by atoms with van der Waals surface area (Å²) in [5, 5.41) is 7.72. The van der Waals surface area contributed by atoms with Crippen LogP contribution in [0.3, 0.4) is 0 Å². The maximum atomic E-state index is 12.5. The van der Waals surface area contributed by atoms with Gasteiger partial charge >= 0.3 is 0 Å². The van der Waals surface area contributed by atoms with E-state index in [1.807, 2.05) is 13.8 Å². The first-order chi connectivity index (χ1) is 10.7. The van der Waals surface area contributed by atoms with Crippen molar-refractivity contribution in [3.63, 3.8) is 0 Å². The zero-order valence-corrected chi connectivity index (χ0v) is 14.7. The van der Waals surface area contributed by atoms with E-state index in [4.69, 9.17) is 9.15 Å². The standard InChI is InChI=1S/C15H21N3O4S/c1-9(2)15-18-17-13(22-15)8-16-23(19,20)14-10(3)6-12(21-5)7-11(14)4/h6-7,9,16H,8H2,1-5H3. The normalized spacial score (nSPS) is 11.9. The van der Waals surface area contributed by atoms with Gasteiger partial charge < -0.3 is 9.15 Å². The Hall–Kier alpha value is -1.93. The molecule has 0 radical (unpaired) electrons. The molecule has 0 bridgehead atoms. The molecule has 0 amide bonds. The highest BCUT2D eigenvalue weighted by atomic mass is 32.2. The van der Waals surface area contributed by atoms with Crippen molar-refractivity contribution in [1.82, 2.24) is 14.9 Å². The van der Waals surface area contributed by atoms with Crippen molar-refractivity contribution in [2.75, 3.05) is 7.11 Å². The minimum Gasteiger partial charge on any atom is -0.497 e. The number of nitrogens with zero attached hydrogens (tertiary/aromatic N) is 2. The lowest BCUT2D eigenvalue weighted by Crippen LogP contribution is -2.25. The van der Waals surface area contributed by atoms with E-state index in [-0.39, 0.29) is 23.2 Å². The molecule has 7 nitrogen and oxygen atoms in total. The van der Waals surface area contributed by atoms with Gasteiger partial charge in [0.1, 0.15) is 5.75 Å². The van der Waals surface area contributed by atoms with Crippen LogP contribution >= 0.6 is 0 Å². The van der Waals surface area contributed by atoms with E-state index in [2.05, 4.69) is 14.9 Å². The molecule has 1 aromatic heterocycles. The van der Waals surface area contributed by atoms with Gasteiger partial charge in [-0.05, 0) is 37.1 Å². The molecule has 1 heterocycles. The van der Waals surface area contributed by atoms with Gasteiger partial charge in [-0.1, -0.05) is 13.8 Å². The number of sulfonamides is 1. The summed E-state index contributed by atoms with van der Waals surface area (Å²) in [4.78, 5) is 0.238. The Morgan fingerprint density at radius 1 is 1.22 bits per heavy atom. The number of aryl methyl sites for hydroxylation is 2. The first-order valence-corrected chi connectivity index (χ1v) is 8.70. The maximum Gasteiger partial charge on any atom is 0.241 e. The minimum absolute atomic E-state index is 0.0486. The Bertz CT molecular complexity index is 774. The number of hydrogen-bond acceptors (Lipinski definition) is 6. The molecule has 1 N–H and O–H groups in total. The van der Waals surface area contributed by atoms with Crippen LogP contribution < -0.4 is 9.46 Å². The lowest BCUT2D eigenvalue weighted by Gasteiger charge is -2.13. The van der Waals surface area contributed by atoms with Crippen LogP contribution in [-0.2, 0) is 16.6 Å². The van der Waals surface area contributed by atoms with E-state index in [0.717, 1.165) is 0 Å². The molecule has 0 aliphatic heterocycles. The Balaban J connectivity index is 2.22. The molecule has 0 aliphatic carbocycles. The van der Waals surface area contributed by atoms with Gasteiger partial charge in [-0.15, -0.1) is 10.2 Å². The average Bonchev–Trinajstić information content (AvgIpc) is 2.93. The molecule has 2 aromatic rings. The van der Waals surface area contributed by atoms with Crippen LogP contribution in [0.25, 0.3) is 0 Å². The van der Waals surface area contributed by atoms with Crippen LogP contribution in [0.15, 0.2) is 21.4 Å². The monoisotopic (exact) mass is 339 g/mol. The molecule has 0 fully saturated rings. The van der Waals surface area contributed by atoms with Gasteiger partial charge in [0, 0.05) is 5.92 Å². The fourth-order valence-corrected chi connectivity index (χ4v) is 3.68. The van der Waals surface area contributed by atoms with Crippen molar-refractivity contribution in [2.45, 2.75) is 45.1 Å².